The second kappa shape index (κ2) is 6.13. The smallest absolute Gasteiger partial charge is 0.251 e. The van der Waals surface area contributed by atoms with Crippen LogP contribution in [0.15, 0.2) is 30.3 Å². The van der Waals surface area contributed by atoms with E-state index in [4.69, 9.17) is 30.5 Å². The van der Waals surface area contributed by atoms with Crippen LogP contribution in [0.3, 0.4) is 0 Å². The largest absolute Gasteiger partial charge is 0.454 e. The highest BCUT2D eigenvalue weighted by Gasteiger charge is 2.20. The maximum Gasteiger partial charge on any atom is 0.251 e. The molecule has 2 aromatic rings. The molecule has 1 N–H and O–H groups in total. The van der Waals surface area contributed by atoms with E-state index in [1.54, 1.807) is 12.1 Å². The van der Waals surface area contributed by atoms with Crippen LogP contribution in [0, 0.1) is 0 Å². The van der Waals surface area contributed by atoms with Gasteiger partial charge < -0.3 is 24.3 Å². The number of ether oxygens (including phenoxy) is 4. The third-order valence-electron chi connectivity index (χ3n) is 3.83. The zero-order valence-electron chi connectivity index (χ0n) is 12.6. The number of carbonyl (C=O) groups is 1. The Hall–Kier alpha value is -2.60. The molecule has 0 radical (unpaired) electrons. The van der Waals surface area contributed by atoms with Crippen LogP contribution in [0.1, 0.15) is 15.9 Å². The van der Waals surface area contributed by atoms with Crippen molar-refractivity contribution in [2.24, 2.45) is 0 Å². The van der Waals surface area contributed by atoms with E-state index in [1.807, 2.05) is 18.2 Å². The average molecular weight is 348 g/mol. The van der Waals surface area contributed by atoms with E-state index in [9.17, 15) is 4.79 Å². The van der Waals surface area contributed by atoms with Crippen molar-refractivity contribution < 1.29 is 23.7 Å². The Kier molecular flexibility index (Phi) is 3.82. The molecule has 0 aromatic heterocycles. The van der Waals surface area contributed by atoms with Crippen molar-refractivity contribution in [3.8, 4) is 23.0 Å². The van der Waals surface area contributed by atoms with E-state index in [1.165, 1.54) is 0 Å². The molecule has 24 heavy (non-hydrogen) atoms. The summed E-state index contributed by atoms with van der Waals surface area (Å²) >= 11 is 6.09. The second-order valence-corrected chi connectivity index (χ2v) is 5.79. The second-order valence-electron chi connectivity index (χ2n) is 5.39. The maximum atomic E-state index is 12.3. The molecule has 2 aliphatic rings. The number of halogens is 1. The first-order valence-corrected chi connectivity index (χ1v) is 7.84. The van der Waals surface area contributed by atoms with Gasteiger partial charge >= 0.3 is 0 Å². The van der Waals surface area contributed by atoms with Gasteiger partial charge in [-0.15, -0.1) is 0 Å². The number of benzene rings is 2. The molecule has 0 bridgehead atoms. The number of rotatable bonds is 4. The normalized spacial score (nSPS) is 13.9. The van der Waals surface area contributed by atoms with Crippen molar-refractivity contribution in [2.45, 2.75) is 6.42 Å². The Balaban J connectivity index is 1.38. The summed E-state index contributed by atoms with van der Waals surface area (Å²) in [6.07, 6.45) is 0.681. The quantitative estimate of drug-likeness (QED) is 0.921. The number of fused-ring (bicyclic) bond motifs is 2. The van der Waals surface area contributed by atoms with E-state index >= 15 is 0 Å². The monoisotopic (exact) mass is 347 g/mol. The minimum atomic E-state index is -0.212. The van der Waals surface area contributed by atoms with E-state index < -0.39 is 0 Å². The van der Waals surface area contributed by atoms with E-state index in [2.05, 4.69) is 5.32 Å². The van der Waals surface area contributed by atoms with Gasteiger partial charge in [-0.1, -0.05) is 17.7 Å². The van der Waals surface area contributed by atoms with Crippen molar-refractivity contribution in [1.82, 2.24) is 5.32 Å². The average Bonchev–Trinajstić information content (AvgIpc) is 3.23. The summed E-state index contributed by atoms with van der Waals surface area (Å²) in [6.45, 7) is 0.856. The molecule has 2 heterocycles. The van der Waals surface area contributed by atoms with Gasteiger partial charge in [0.1, 0.15) is 0 Å². The molecule has 6 nitrogen and oxygen atoms in total. The van der Waals surface area contributed by atoms with E-state index in [0.29, 0.717) is 35.1 Å². The van der Waals surface area contributed by atoms with Gasteiger partial charge in [0.2, 0.25) is 13.6 Å². The lowest BCUT2D eigenvalue weighted by Crippen LogP contribution is -2.25. The molecule has 0 aliphatic carbocycles. The summed E-state index contributed by atoms with van der Waals surface area (Å²) in [5.74, 6) is 2.24. The molecule has 0 atom stereocenters. The van der Waals surface area contributed by atoms with Gasteiger partial charge in [0, 0.05) is 12.1 Å². The number of hydrogen-bond donors (Lipinski definition) is 1. The molecule has 0 unspecified atom stereocenters. The summed E-state index contributed by atoms with van der Waals surface area (Å²) in [5, 5.41) is 3.23. The topological polar surface area (TPSA) is 66.0 Å². The molecule has 2 aliphatic heterocycles. The van der Waals surface area contributed by atoms with Crippen molar-refractivity contribution in [3.63, 3.8) is 0 Å². The molecular formula is C17H14ClNO5. The summed E-state index contributed by atoms with van der Waals surface area (Å²) < 4.78 is 21.1. The summed E-state index contributed by atoms with van der Waals surface area (Å²) in [7, 11) is 0. The fourth-order valence-electron chi connectivity index (χ4n) is 2.62. The van der Waals surface area contributed by atoms with Crippen LogP contribution < -0.4 is 24.3 Å². The molecule has 0 saturated heterocycles. The lowest BCUT2D eigenvalue weighted by atomic mass is 10.1. The SMILES string of the molecule is O=C(NCCc1ccc2c(c1)OCO2)c1cc(Cl)c2c(c1)OCO2. The number of carbonyl (C=O) groups excluding carboxylic acids is 1. The lowest BCUT2D eigenvalue weighted by Gasteiger charge is -2.08. The Morgan fingerprint density at radius 1 is 1.00 bits per heavy atom. The Morgan fingerprint density at radius 2 is 1.79 bits per heavy atom. The highest BCUT2D eigenvalue weighted by molar-refractivity contribution is 6.32. The van der Waals surface area contributed by atoms with E-state index in [-0.39, 0.29) is 19.5 Å². The van der Waals surface area contributed by atoms with Crippen molar-refractivity contribution in [3.05, 3.63) is 46.5 Å². The molecule has 124 valence electrons. The first kappa shape index (κ1) is 15.0. The zero-order chi connectivity index (χ0) is 16.5. The fraction of sp³-hybridized carbons (Fsp3) is 0.235. The summed E-state index contributed by atoms with van der Waals surface area (Å²) in [6, 6.07) is 8.95. The third kappa shape index (κ3) is 2.80. The van der Waals surface area contributed by atoms with Gasteiger partial charge in [-0.3, -0.25) is 4.79 Å². The molecule has 0 spiro atoms. The Labute approximate surface area is 143 Å². The Bertz CT molecular complexity index is 808. The molecule has 7 heteroatoms. The van der Waals surface area contributed by atoms with E-state index in [0.717, 1.165) is 17.1 Å². The zero-order valence-corrected chi connectivity index (χ0v) is 13.4. The Morgan fingerprint density at radius 3 is 2.71 bits per heavy atom. The van der Waals surface area contributed by atoms with Gasteiger partial charge in [-0.25, -0.2) is 0 Å². The summed E-state index contributed by atoms with van der Waals surface area (Å²) in [4.78, 5) is 12.3. The summed E-state index contributed by atoms with van der Waals surface area (Å²) in [5.41, 5.74) is 1.50. The predicted molar refractivity (Wildman–Crippen MR) is 86.2 cm³/mol. The number of hydrogen-bond acceptors (Lipinski definition) is 5. The number of nitrogens with one attached hydrogen (secondary N) is 1. The van der Waals surface area contributed by atoms with Gasteiger partial charge in [0.15, 0.2) is 23.0 Å². The van der Waals surface area contributed by atoms with Crippen LogP contribution in [0.4, 0.5) is 0 Å². The first-order chi connectivity index (χ1) is 11.7. The van der Waals surface area contributed by atoms with Gasteiger partial charge in [-0.2, -0.15) is 0 Å². The molecule has 4 rings (SSSR count). The molecular weight excluding hydrogens is 334 g/mol. The minimum absolute atomic E-state index is 0.115. The fourth-order valence-corrected chi connectivity index (χ4v) is 2.88. The van der Waals surface area contributed by atoms with Crippen molar-refractivity contribution in [1.29, 1.82) is 0 Å². The van der Waals surface area contributed by atoms with Crippen LogP contribution in [0.2, 0.25) is 5.02 Å². The third-order valence-corrected chi connectivity index (χ3v) is 4.11. The van der Waals surface area contributed by atoms with Crippen LogP contribution in [0.5, 0.6) is 23.0 Å². The van der Waals surface area contributed by atoms with Crippen LogP contribution in [0.25, 0.3) is 0 Å². The highest BCUT2D eigenvalue weighted by atomic mass is 35.5. The predicted octanol–water partition coefficient (Wildman–Crippen LogP) is 2.77. The lowest BCUT2D eigenvalue weighted by molar-refractivity contribution is 0.0953. The highest BCUT2D eigenvalue weighted by Crippen LogP contribution is 2.39. The van der Waals surface area contributed by atoms with Crippen LogP contribution in [-0.2, 0) is 6.42 Å². The van der Waals surface area contributed by atoms with Gasteiger partial charge in [-0.05, 0) is 36.2 Å². The van der Waals surface area contributed by atoms with Crippen LogP contribution in [-0.4, -0.2) is 26.0 Å². The molecule has 0 fully saturated rings. The van der Waals surface area contributed by atoms with Gasteiger partial charge in [0.25, 0.3) is 5.91 Å². The van der Waals surface area contributed by atoms with Crippen molar-refractivity contribution in [2.75, 3.05) is 20.1 Å². The number of amides is 1. The van der Waals surface area contributed by atoms with Crippen molar-refractivity contribution >= 4 is 17.5 Å². The maximum absolute atomic E-state index is 12.3. The van der Waals surface area contributed by atoms with Crippen LogP contribution >= 0.6 is 11.6 Å². The molecule has 2 aromatic carbocycles. The molecule has 1 amide bonds. The standard InChI is InChI=1S/C17H14ClNO5/c18-12-6-11(7-15-16(12)24-9-23-15)17(20)19-4-3-10-1-2-13-14(5-10)22-8-21-13/h1-2,5-7H,3-4,8-9H2,(H,19,20). The first-order valence-electron chi connectivity index (χ1n) is 7.46. The minimum Gasteiger partial charge on any atom is -0.454 e. The molecule has 0 saturated carbocycles. The van der Waals surface area contributed by atoms with Gasteiger partial charge in [0.05, 0.1) is 5.02 Å².